The van der Waals surface area contributed by atoms with E-state index in [-0.39, 0.29) is 11.2 Å². The van der Waals surface area contributed by atoms with Crippen molar-refractivity contribution in [2.24, 2.45) is 0 Å². The Labute approximate surface area is 144 Å². The number of benzene rings is 2. The van der Waals surface area contributed by atoms with Crippen molar-refractivity contribution in [3.63, 3.8) is 0 Å². The lowest BCUT2D eigenvalue weighted by Crippen LogP contribution is -2.41. The molecule has 3 rings (SSSR count). The molecule has 0 saturated carbocycles. The largest absolute Gasteiger partial charge is 0.494 e. The number of hydrogen-bond acceptors (Lipinski definition) is 3. The lowest BCUT2D eigenvalue weighted by Gasteiger charge is -2.32. The normalized spacial score (nSPS) is 20.2. The average molecular weight is 324 g/mol. The standard InChI is InChI=1S/C20H25BO3/c1-14-9-11-15(12-10-14)18(22)16-7-6-8-17(13-16)21-23-19(2,3)20(4,5)24-21/h6-13,18,22H,1-5H3/t18-/m0/s1. The van der Waals surface area contributed by atoms with E-state index in [1.54, 1.807) is 0 Å². The average Bonchev–Trinajstić information content (AvgIpc) is 2.76. The van der Waals surface area contributed by atoms with E-state index in [9.17, 15) is 5.11 Å². The zero-order valence-electron chi connectivity index (χ0n) is 15.0. The molecule has 0 bridgehead atoms. The molecule has 1 N–H and O–H groups in total. The molecule has 3 nitrogen and oxygen atoms in total. The van der Waals surface area contributed by atoms with Gasteiger partial charge in [-0.25, -0.2) is 0 Å². The molecule has 1 heterocycles. The molecule has 126 valence electrons. The first-order valence-corrected chi connectivity index (χ1v) is 8.40. The van der Waals surface area contributed by atoms with Crippen molar-refractivity contribution < 1.29 is 14.4 Å². The Morgan fingerprint density at radius 2 is 1.46 bits per heavy atom. The molecule has 0 spiro atoms. The molecular formula is C20H25BO3. The summed E-state index contributed by atoms with van der Waals surface area (Å²) in [7, 11) is -0.417. The minimum absolute atomic E-state index is 0.372. The maximum Gasteiger partial charge on any atom is 0.494 e. The number of hydrogen-bond donors (Lipinski definition) is 1. The van der Waals surface area contributed by atoms with Crippen LogP contribution in [0.15, 0.2) is 48.5 Å². The molecule has 4 heteroatoms. The summed E-state index contributed by atoms with van der Waals surface area (Å²) in [6, 6.07) is 15.8. The van der Waals surface area contributed by atoms with Gasteiger partial charge in [-0.2, -0.15) is 0 Å². The van der Waals surface area contributed by atoms with E-state index >= 15 is 0 Å². The first-order valence-electron chi connectivity index (χ1n) is 8.40. The summed E-state index contributed by atoms with van der Waals surface area (Å²) in [6.45, 7) is 10.2. The molecule has 24 heavy (non-hydrogen) atoms. The van der Waals surface area contributed by atoms with Gasteiger partial charge in [-0.15, -0.1) is 0 Å². The topological polar surface area (TPSA) is 38.7 Å². The Bertz CT molecular complexity index is 706. The van der Waals surface area contributed by atoms with Gasteiger partial charge in [0.05, 0.1) is 11.2 Å². The van der Waals surface area contributed by atoms with Crippen LogP contribution in [-0.4, -0.2) is 23.4 Å². The van der Waals surface area contributed by atoms with Gasteiger partial charge in [0, 0.05) is 0 Å². The monoisotopic (exact) mass is 324 g/mol. The lowest BCUT2D eigenvalue weighted by atomic mass is 9.78. The van der Waals surface area contributed by atoms with Gasteiger partial charge in [0.2, 0.25) is 0 Å². The summed E-state index contributed by atoms with van der Waals surface area (Å²) >= 11 is 0. The molecule has 0 aliphatic carbocycles. The predicted molar refractivity (Wildman–Crippen MR) is 97.4 cm³/mol. The fourth-order valence-electron chi connectivity index (χ4n) is 2.80. The van der Waals surface area contributed by atoms with Crippen LogP contribution in [0.5, 0.6) is 0 Å². The summed E-state index contributed by atoms with van der Waals surface area (Å²) in [5.74, 6) is 0. The molecule has 1 aliphatic heterocycles. The van der Waals surface area contributed by atoms with Crippen LogP contribution < -0.4 is 5.46 Å². The van der Waals surface area contributed by atoms with Gasteiger partial charge in [-0.3, -0.25) is 0 Å². The van der Waals surface area contributed by atoms with Crippen molar-refractivity contribution in [2.75, 3.05) is 0 Å². The molecule has 1 fully saturated rings. The van der Waals surface area contributed by atoms with Crippen LogP contribution in [0.4, 0.5) is 0 Å². The Hall–Kier alpha value is -1.62. The van der Waals surface area contributed by atoms with Crippen molar-refractivity contribution in [2.45, 2.75) is 51.9 Å². The van der Waals surface area contributed by atoms with Gasteiger partial charge in [0.25, 0.3) is 0 Å². The number of rotatable bonds is 3. The fraction of sp³-hybridized carbons (Fsp3) is 0.400. The highest BCUT2D eigenvalue weighted by Gasteiger charge is 2.51. The molecular weight excluding hydrogens is 299 g/mol. The third kappa shape index (κ3) is 3.14. The van der Waals surface area contributed by atoms with Gasteiger partial charge in [-0.1, -0.05) is 54.1 Å². The highest BCUT2D eigenvalue weighted by atomic mass is 16.7. The molecule has 0 unspecified atom stereocenters. The van der Waals surface area contributed by atoms with Crippen molar-refractivity contribution >= 4 is 12.6 Å². The second kappa shape index (κ2) is 6.03. The van der Waals surface area contributed by atoms with Gasteiger partial charge in [0.15, 0.2) is 0 Å². The first kappa shape index (κ1) is 17.2. The summed E-state index contributed by atoms with van der Waals surface area (Å²) in [5.41, 5.74) is 3.08. The van der Waals surface area contributed by atoms with Gasteiger partial charge in [0.1, 0.15) is 6.10 Å². The van der Waals surface area contributed by atoms with E-state index in [0.717, 1.165) is 16.6 Å². The molecule has 1 atom stereocenters. The second-order valence-corrected chi connectivity index (χ2v) is 7.57. The number of aliphatic hydroxyl groups excluding tert-OH is 1. The van der Waals surface area contributed by atoms with E-state index in [1.165, 1.54) is 5.56 Å². The Kier molecular flexibility index (Phi) is 4.33. The number of aryl methyl sites for hydroxylation is 1. The van der Waals surface area contributed by atoms with E-state index in [2.05, 4.69) is 0 Å². The maximum atomic E-state index is 10.7. The molecule has 0 aromatic heterocycles. The third-order valence-corrected chi connectivity index (χ3v) is 5.14. The van der Waals surface area contributed by atoms with Crippen LogP contribution in [0.25, 0.3) is 0 Å². The minimum atomic E-state index is -0.659. The molecule has 2 aromatic rings. The van der Waals surface area contributed by atoms with E-state index in [0.29, 0.717) is 0 Å². The van der Waals surface area contributed by atoms with Crippen LogP contribution in [0.1, 0.15) is 50.5 Å². The van der Waals surface area contributed by atoms with Crippen molar-refractivity contribution in [3.8, 4) is 0 Å². The Morgan fingerprint density at radius 1 is 0.875 bits per heavy atom. The summed E-state index contributed by atoms with van der Waals surface area (Å²) in [5, 5.41) is 10.7. The summed E-state index contributed by atoms with van der Waals surface area (Å²) < 4.78 is 12.2. The first-order chi connectivity index (χ1) is 11.2. The SMILES string of the molecule is Cc1ccc([C@H](O)c2cccc(B3OC(C)(C)C(C)(C)O3)c2)cc1. The van der Waals surface area contributed by atoms with E-state index < -0.39 is 13.2 Å². The second-order valence-electron chi connectivity index (χ2n) is 7.57. The Morgan fingerprint density at radius 3 is 2.04 bits per heavy atom. The van der Waals surface area contributed by atoms with Crippen LogP contribution in [0.2, 0.25) is 0 Å². The van der Waals surface area contributed by atoms with Crippen molar-refractivity contribution in [1.29, 1.82) is 0 Å². The highest BCUT2D eigenvalue weighted by Crippen LogP contribution is 2.36. The van der Waals surface area contributed by atoms with E-state index in [4.69, 9.17) is 9.31 Å². The van der Waals surface area contributed by atoms with Gasteiger partial charge < -0.3 is 14.4 Å². The number of aliphatic hydroxyl groups is 1. The van der Waals surface area contributed by atoms with Crippen molar-refractivity contribution in [3.05, 3.63) is 65.2 Å². The summed E-state index contributed by atoms with van der Waals surface area (Å²) in [6.07, 6.45) is -0.659. The fourth-order valence-corrected chi connectivity index (χ4v) is 2.80. The zero-order valence-corrected chi connectivity index (χ0v) is 15.0. The van der Waals surface area contributed by atoms with Gasteiger partial charge >= 0.3 is 7.12 Å². The molecule has 0 radical (unpaired) electrons. The zero-order chi connectivity index (χ0) is 17.5. The quantitative estimate of drug-likeness (QED) is 0.880. The highest BCUT2D eigenvalue weighted by molar-refractivity contribution is 6.62. The van der Waals surface area contributed by atoms with Crippen LogP contribution >= 0.6 is 0 Å². The van der Waals surface area contributed by atoms with Gasteiger partial charge in [-0.05, 0) is 51.2 Å². The molecule has 1 aliphatic rings. The predicted octanol–water partition coefficient (Wildman–Crippen LogP) is 3.38. The molecule has 2 aromatic carbocycles. The molecule has 0 amide bonds. The summed E-state index contributed by atoms with van der Waals surface area (Å²) in [4.78, 5) is 0. The smallest absolute Gasteiger partial charge is 0.399 e. The molecule has 1 saturated heterocycles. The maximum absolute atomic E-state index is 10.7. The lowest BCUT2D eigenvalue weighted by molar-refractivity contribution is 0.00578. The van der Waals surface area contributed by atoms with Crippen molar-refractivity contribution in [1.82, 2.24) is 0 Å². The van der Waals surface area contributed by atoms with E-state index in [1.807, 2.05) is 83.1 Å². The van der Waals surface area contributed by atoms with Crippen LogP contribution in [-0.2, 0) is 9.31 Å². The third-order valence-electron chi connectivity index (χ3n) is 5.14. The minimum Gasteiger partial charge on any atom is -0.399 e. The van der Waals surface area contributed by atoms with Crippen LogP contribution in [0.3, 0.4) is 0 Å². The Balaban J connectivity index is 1.86. The van der Waals surface area contributed by atoms with Crippen LogP contribution in [0, 0.1) is 6.92 Å².